The van der Waals surface area contributed by atoms with Crippen molar-refractivity contribution in [2.24, 2.45) is 0 Å². The molecule has 0 bridgehead atoms. The summed E-state index contributed by atoms with van der Waals surface area (Å²) in [5, 5.41) is 14.3. The third kappa shape index (κ3) is 4.14. The first-order valence-corrected chi connectivity index (χ1v) is 9.99. The van der Waals surface area contributed by atoms with E-state index < -0.39 is 0 Å². The normalized spacial score (nSPS) is 14.2. The summed E-state index contributed by atoms with van der Waals surface area (Å²) >= 11 is 1.61. The largest absolute Gasteiger partial charge is 0.355 e. The Kier molecular flexibility index (Phi) is 5.11. The van der Waals surface area contributed by atoms with Crippen molar-refractivity contribution in [3.63, 3.8) is 0 Å². The number of carbonyl (C=O) groups excluding carboxylic acids is 1. The van der Waals surface area contributed by atoms with Crippen LogP contribution in [0.3, 0.4) is 0 Å². The number of thiazole rings is 1. The molecule has 0 atom stereocenters. The van der Waals surface area contributed by atoms with Gasteiger partial charge in [-0.3, -0.25) is 4.79 Å². The van der Waals surface area contributed by atoms with Crippen molar-refractivity contribution in [1.82, 2.24) is 15.2 Å². The first-order chi connectivity index (χ1) is 13.2. The van der Waals surface area contributed by atoms with E-state index in [2.05, 4.69) is 25.4 Å². The van der Waals surface area contributed by atoms with Gasteiger partial charge in [-0.2, -0.15) is 0 Å². The number of nitrogens with zero attached hydrogens (tertiary/aromatic N) is 4. The molecule has 1 aromatic carbocycles. The second-order valence-electron chi connectivity index (χ2n) is 6.61. The Balaban J connectivity index is 1.46. The molecule has 1 fully saturated rings. The van der Waals surface area contributed by atoms with Crippen LogP contribution in [0.1, 0.15) is 34.8 Å². The molecule has 7 heteroatoms. The summed E-state index contributed by atoms with van der Waals surface area (Å²) < 4.78 is 0. The third-order valence-corrected chi connectivity index (χ3v) is 5.37. The van der Waals surface area contributed by atoms with Gasteiger partial charge in [0.25, 0.3) is 5.91 Å². The third-order valence-electron chi connectivity index (χ3n) is 4.60. The van der Waals surface area contributed by atoms with Gasteiger partial charge in [0.15, 0.2) is 11.5 Å². The maximum Gasteiger partial charge on any atom is 0.276 e. The van der Waals surface area contributed by atoms with Crippen LogP contribution in [-0.4, -0.2) is 34.2 Å². The highest BCUT2D eigenvalue weighted by Gasteiger charge is 2.14. The van der Waals surface area contributed by atoms with Crippen molar-refractivity contribution in [2.45, 2.75) is 26.2 Å². The fraction of sp³-hybridized carbons (Fsp3) is 0.300. The van der Waals surface area contributed by atoms with E-state index in [0.717, 1.165) is 35.2 Å². The average molecular weight is 379 g/mol. The number of anilines is 2. The van der Waals surface area contributed by atoms with Crippen molar-refractivity contribution in [2.75, 3.05) is 23.3 Å². The minimum Gasteiger partial charge on any atom is -0.355 e. The maximum absolute atomic E-state index is 12.5. The molecule has 2 aromatic heterocycles. The smallest absolute Gasteiger partial charge is 0.276 e. The fourth-order valence-electron chi connectivity index (χ4n) is 3.19. The number of hydrogen-bond donors (Lipinski definition) is 1. The number of hydrogen-bond acceptors (Lipinski definition) is 6. The van der Waals surface area contributed by atoms with Crippen LogP contribution in [0.15, 0.2) is 41.8 Å². The summed E-state index contributed by atoms with van der Waals surface area (Å²) in [6, 6.07) is 11.3. The lowest BCUT2D eigenvalue weighted by atomic mass is 10.1. The number of benzene rings is 1. The van der Waals surface area contributed by atoms with E-state index in [0.29, 0.717) is 11.4 Å². The van der Waals surface area contributed by atoms with E-state index in [9.17, 15) is 4.79 Å². The fourth-order valence-corrected chi connectivity index (χ4v) is 3.81. The Bertz CT molecular complexity index is 932. The van der Waals surface area contributed by atoms with Gasteiger partial charge in [0.05, 0.1) is 10.7 Å². The van der Waals surface area contributed by atoms with E-state index in [1.54, 1.807) is 17.4 Å². The molecule has 0 unspecified atom stereocenters. The monoisotopic (exact) mass is 379 g/mol. The number of rotatable bonds is 4. The first-order valence-electron chi connectivity index (χ1n) is 9.12. The van der Waals surface area contributed by atoms with Crippen LogP contribution < -0.4 is 10.2 Å². The lowest BCUT2D eigenvalue weighted by Crippen LogP contribution is -2.30. The molecule has 0 spiro atoms. The molecule has 1 saturated heterocycles. The number of carbonyl (C=O) groups is 1. The molecular formula is C20H21N5OS. The van der Waals surface area contributed by atoms with E-state index >= 15 is 0 Å². The summed E-state index contributed by atoms with van der Waals surface area (Å²) in [5.74, 6) is 0.575. The van der Waals surface area contributed by atoms with Gasteiger partial charge in [-0.05, 0) is 50.5 Å². The van der Waals surface area contributed by atoms with Crippen LogP contribution in [0, 0.1) is 6.92 Å². The molecule has 27 heavy (non-hydrogen) atoms. The highest BCUT2D eigenvalue weighted by atomic mass is 32.1. The van der Waals surface area contributed by atoms with Crippen LogP contribution in [0.2, 0.25) is 0 Å². The van der Waals surface area contributed by atoms with Crippen LogP contribution in [0.4, 0.5) is 11.5 Å². The summed E-state index contributed by atoms with van der Waals surface area (Å²) in [5.41, 5.74) is 2.92. The second-order valence-corrected chi connectivity index (χ2v) is 7.67. The number of piperidine rings is 1. The number of nitrogens with one attached hydrogen (secondary N) is 1. The molecule has 4 rings (SSSR count). The zero-order valence-electron chi connectivity index (χ0n) is 15.2. The van der Waals surface area contributed by atoms with Gasteiger partial charge in [0, 0.05) is 29.7 Å². The van der Waals surface area contributed by atoms with Gasteiger partial charge in [-0.25, -0.2) is 4.98 Å². The van der Waals surface area contributed by atoms with Gasteiger partial charge < -0.3 is 10.2 Å². The zero-order valence-corrected chi connectivity index (χ0v) is 16.0. The second kappa shape index (κ2) is 7.84. The standard InChI is InChI=1S/C20H21N5OS/c1-14-21-18(13-27-14)15-6-5-7-16(12-15)22-20(26)17-8-9-19(24-23-17)25-10-3-2-4-11-25/h5-9,12-13H,2-4,10-11H2,1H3,(H,22,26). The predicted molar refractivity (Wildman–Crippen MR) is 108 cm³/mol. The molecule has 138 valence electrons. The Morgan fingerprint density at radius 2 is 1.96 bits per heavy atom. The Labute approximate surface area is 162 Å². The maximum atomic E-state index is 12.5. The van der Waals surface area contributed by atoms with E-state index in [1.165, 1.54) is 19.3 Å². The number of amides is 1. The Morgan fingerprint density at radius 1 is 1.11 bits per heavy atom. The molecule has 0 saturated carbocycles. The van der Waals surface area contributed by atoms with Gasteiger partial charge in [0.1, 0.15) is 0 Å². The SMILES string of the molecule is Cc1nc(-c2cccc(NC(=O)c3ccc(N4CCCCC4)nn3)c2)cs1. The van der Waals surface area contributed by atoms with Gasteiger partial charge >= 0.3 is 0 Å². The quantitative estimate of drug-likeness (QED) is 0.737. The summed E-state index contributed by atoms with van der Waals surface area (Å²) in [7, 11) is 0. The minimum absolute atomic E-state index is 0.265. The molecule has 1 amide bonds. The van der Waals surface area contributed by atoms with Crippen molar-refractivity contribution < 1.29 is 4.79 Å². The van der Waals surface area contributed by atoms with Crippen molar-refractivity contribution in [3.05, 3.63) is 52.5 Å². The molecule has 3 aromatic rings. The van der Waals surface area contributed by atoms with Crippen molar-refractivity contribution in [1.29, 1.82) is 0 Å². The number of aromatic nitrogens is 3. The summed E-state index contributed by atoms with van der Waals surface area (Å²) in [6.45, 7) is 3.98. The Morgan fingerprint density at radius 3 is 2.67 bits per heavy atom. The highest BCUT2D eigenvalue weighted by molar-refractivity contribution is 7.09. The molecule has 0 radical (unpaired) electrons. The van der Waals surface area contributed by atoms with Crippen molar-refractivity contribution in [3.8, 4) is 11.3 Å². The van der Waals surface area contributed by atoms with Crippen LogP contribution >= 0.6 is 11.3 Å². The first kappa shape index (κ1) is 17.6. The van der Waals surface area contributed by atoms with Crippen molar-refractivity contribution >= 4 is 28.7 Å². The molecule has 1 aliphatic rings. The minimum atomic E-state index is -0.265. The molecule has 1 aliphatic heterocycles. The van der Waals surface area contributed by atoms with Gasteiger partial charge in [-0.1, -0.05) is 12.1 Å². The van der Waals surface area contributed by atoms with Crippen LogP contribution in [-0.2, 0) is 0 Å². The zero-order chi connectivity index (χ0) is 18.6. The molecular weight excluding hydrogens is 358 g/mol. The van der Waals surface area contributed by atoms with Gasteiger partial charge in [0.2, 0.25) is 0 Å². The average Bonchev–Trinajstić information content (AvgIpc) is 3.15. The molecule has 1 N–H and O–H groups in total. The predicted octanol–water partition coefficient (Wildman–Crippen LogP) is 4.15. The van der Waals surface area contributed by atoms with E-state index in [4.69, 9.17) is 0 Å². The summed E-state index contributed by atoms with van der Waals surface area (Å²) in [4.78, 5) is 19.2. The molecule has 6 nitrogen and oxygen atoms in total. The van der Waals surface area contributed by atoms with Crippen LogP contribution in [0.5, 0.6) is 0 Å². The lowest BCUT2D eigenvalue weighted by molar-refractivity contribution is 0.102. The van der Waals surface area contributed by atoms with Gasteiger partial charge in [-0.15, -0.1) is 21.5 Å². The highest BCUT2D eigenvalue weighted by Crippen LogP contribution is 2.24. The topological polar surface area (TPSA) is 71.0 Å². The molecule has 3 heterocycles. The lowest BCUT2D eigenvalue weighted by Gasteiger charge is -2.27. The summed E-state index contributed by atoms with van der Waals surface area (Å²) in [6.07, 6.45) is 3.63. The van der Waals surface area contributed by atoms with Crippen LogP contribution in [0.25, 0.3) is 11.3 Å². The van der Waals surface area contributed by atoms with E-state index in [1.807, 2.05) is 42.6 Å². The van der Waals surface area contributed by atoms with E-state index in [-0.39, 0.29) is 5.91 Å². The number of aryl methyl sites for hydroxylation is 1. The molecule has 0 aliphatic carbocycles. The Hall–Kier alpha value is -2.80.